The van der Waals surface area contributed by atoms with E-state index in [1.165, 1.54) is 11.8 Å². The maximum atomic E-state index is 11.6. The lowest BCUT2D eigenvalue weighted by Gasteiger charge is -2.36. The third kappa shape index (κ3) is 5.02. The molecule has 9 nitrogen and oxygen atoms in total. The summed E-state index contributed by atoms with van der Waals surface area (Å²) >= 11 is 1.53. The van der Waals surface area contributed by atoms with Gasteiger partial charge in [0.25, 0.3) is 0 Å². The second-order valence-corrected chi connectivity index (χ2v) is 9.06. The van der Waals surface area contributed by atoms with Gasteiger partial charge >= 0.3 is 0 Å². The van der Waals surface area contributed by atoms with E-state index in [1.807, 2.05) is 36.5 Å². The predicted octanol–water partition coefficient (Wildman–Crippen LogP) is 1.99. The van der Waals surface area contributed by atoms with Crippen molar-refractivity contribution in [1.82, 2.24) is 25.2 Å². The molecule has 0 aliphatic carbocycles. The fraction of sp³-hybridized carbons (Fsp3) is 0.391. The standard InChI is InChI=1S/C23H27N7O2S/c1-32-21-5-3-17-22(28-21)18(6-7-25-17)30-12-10-29(11-13-30)9-8-24-14-16-2-4-19-23(26-16)27-20(31)15-33-19/h2-7,24H,8-15H2,1H3,(H,26,27,31). The summed E-state index contributed by atoms with van der Waals surface area (Å²) in [4.78, 5) is 31.1. The van der Waals surface area contributed by atoms with Gasteiger partial charge in [0.15, 0.2) is 0 Å². The van der Waals surface area contributed by atoms with Gasteiger partial charge < -0.3 is 20.3 Å². The zero-order chi connectivity index (χ0) is 22.6. The van der Waals surface area contributed by atoms with Crippen LogP contribution in [0.25, 0.3) is 11.0 Å². The molecule has 2 aliphatic rings. The second-order valence-electron chi connectivity index (χ2n) is 8.04. The summed E-state index contributed by atoms with van der Waals surface area (Å²) in [6.45, 7) is 6.44. The summed E-state index contributed by atoms with van der Waals surface area (Å²) in [6, 6.07) is 9.90. The van der Waals surface area contributed by atoms with E-state index in [4.69, 9.17) is 4.74 Å². The number of carbonyl (C=O) groups excluding carboxylic acids is 1. The van der Waals surface area contributed by atoms with E-state index >= 15 is 0 Å². The molecule has 1 saturated heterocycles. The molecule has 2 aliphatic heterocycles. The van der Waals surface area contributed by atoms with Crippen LogP contribution in [-0.4, -0.2) is 77.9 Å². The molecule has 10 heteroatoms. The maximum absolute atomic E-state index is 11.6. The fourth-order valence-electron chi connectivity index (χ4n) is 4.13. The van der Waals surface area contributed by atoms with Gasteiger partial charge in [-0.05, 0) is 24.3 Å². The van der Waals surface area contributed by atoms with Gasteiger partial charge in [-0.2, -0.15) is 0 Å². The Morgan fingerprint density at radius 1 is 1.12 bits per heavy atom. The smallest absolute Gasteiger partial charge is 0.235 e. The Morgan fingerprint density at radius 3 is 2.85 bits per heavy atom. The van der Waals surface area contributed by atoms with Crippen molar-refractivity contribution >= 4 is 40.2 Å². The Kier molecular flexibility index (Phi) is 6.56. The first-order valence-electron chi connectivity index (χ1n) is 11.1. The third-order valence-electron chi connectivity index (χ3n) is 5.90. The Labute approximate surface area is 196 Å². The van der Waals surface area contributed by atoms with Gasteiger partial charge in [-0.25, -0.2) is 9.97 Å². The molecule has 33 heavy (non-hydrogen) atoms. The SMILES string of the molecule is COc1ccc2nccc(N3CCN(CCNCc4ccc5c(n4)NC(=O)CS5)CC3)c2n1. The number of rotatable bonds is 7. The van der Waals surface area contributed by atoms with E-state index < -0.39 is 0 Å². The summed E-state index contributed by atoms with van der Waals surface area (Å²) in [5.41, 5.74) is 3.82. The van der Waals surface area contributed by atoms with Crippen molar-refractivity contribution in [2.45, 2.75) is 11.4 Å². The minimum Gasteiger partial charge on any atom is -0.481 e. The number of carbonyl (C=O) groups is 1. The molecule has 5 rings (SSSR count). The zero-order valence-electron chi connectivity index (χ0n) is 18.6. The van der Waals surface area contributed by atoms with Crippen LogP contribution in [0.3, 0.4) is 0 Å². The molecule has 0 atom stereocenters. The van der Waals surface area contributed by atoms with Crippen molar-refractivity contribution in [3.05, 3.63) is 42.2 Å². The maximum Gasteiger partial charge on any atom is 0.235 e. The van der Waals surface area contributed by atoms with Gasteiger partial charge in [0.2, 0.25) is 11.8 Å². The molecule has 3 aromatic heterocycles. The normalized spacial score (nSPS) is 16.5. The average Bonchev–Trinajstić information content (AvgIpc) is 2.86. The molecule has 172 valence electrons. The van der Waals surface area contributed by atoms with Crippen LogP contribution in [0, 0.1) is 0 Å². The summed E-state index contributed by atoms with van der Waals surface area (Å²) in [6.07, 6.45) is 1.85. The number of aromatic nitrogens is 3. The number of ether oxygens (including phenoxy) is 1. The highest BCUT2D eigenvalue weighted by molar-refractivity contribution is 8.00. The molecule has 0 bridgehead atoms. The van der Waals surface area contributed by atoms with Gasteiger partial charge in [-0.15, -0.1) is 11.8 Å². The fourth-order valence-corrected chi connectivity index (χ4v) is 4.89. The number of pyridine rings is 3. The Hall–Kier alpha value is -2.95. The first-order chi connectivity index (χ1) is 16.2. The largest absolute Gasteiger partial charge is 0.481 e. The van der Waals surface area contributed by atoms with E-state index in [0.717, 1.165) is 66.6 Å². The van der Waals surface area contributed by atoms with E-state index in [0.29, 0.717) is 24.0 Å². The van der Waals surface area contributed by atoms with Crippen LogP contribution < -0.4 is 20.3 Å². The number of nitrogens with one attached hydrogen (secondary N) is 2. The number of hydrogen-bond donors (Lipinski definition) is 2. The molecule has 1 fully saturated rings. The average molecular weight is 466 g/mol. The Balaban J connectivity index is 1.11. The Bertz CT molecular complexity index is 1150. The molecule has 5 heterocycles. The topological polar surface area (TPSA) is 95.5 Å². The van der Waals surface area contributed by atoms with Crippen molar-refractivity contribution in [3.63, 3.8) is 0 Å². The number of amides is 1. The number of hydrogen-bond acceptors (Lipinski definition) is 9. The van der Waals surface area contributed by atoms with E-state index in [1.54, 1.807) is 7.11 Å². The summed E-state index contributed by atoms with van der Waals surface area (Å²) in [7, 11) is 1.63. The highest BCUT2D eigenvalue weighted by Crippen LogP contribution is 2.29. The van der Waals surface area contributed by atoms with E-state index in [9.17, 15) is 4.79 Å². The number of fused-ring (bicyclic) bond motifs is 2. The highest BCUT2D eigenvalue weighted by Gasteiger charge is 2.20. The van der Waals surface area contributed by atoms with Gasteiger partial charge in [0.1, 0.15) is 11.3 Å². The summed E-state index contributed by atoms with van der Waals surface area (Å²) in [5, 5.41) is 6.33. The van der Waals surface area contributed by atoms with Crippen molar-refractivity contribution < 1.29 is 9.53 Å². The van der Waals surface area contributed by atoms with Crippen LogP contribution in [-0.2, 0) is 11.3 Å². The monoisotopic (exact) mass is 465 g/mol. The molecule has 0 spiro atoms. The van der Waals surface area contributed by atoms with Crippen molar-refractivity contribution in [3.8, 4) is 5.88 Å². The molecule has 1 amide bonds. The van der Waals surface area contributed by atoms with Crippen LogP contribution in [0.1, 0.15) is 5.69 Å². The zero-order valence-corrected chi connectivity index (χ0v) is 19.4. The molecule has 0 aromatic carbocycles. The number of nitrogens with zero attached hydrogens (tertiary/aromatic N) is 5. The third-order valence-corrected chi connectivity index (χ3v) is 6.95. The molecular weight excluding hydrogens is 438 g/mol. The number of methoxy groups -OCH3 is 1. The predicted molar refractivity (Wildman–Crippen MR) is 130 cm³/mol. The van der Waals surface area contributed by atoms with E-state index in [-0.39, 0.29) is 5.91 Å². The van der Waals surface area contributed by atoms with Crippen LogP contribution in [0.15, 0.2) is 41.4 Å². The molecule has 2 N–H and O–H groups in total. The van der Waals surface area contributed by atoms with Crippen molar-refractivity contribution in [2.75, 3.05) is 62.3 Å². The van der Waals surface area contributed by atoms with Gasteiger partial charge in [-0.1, -0.05) is 0 Å². The molecule has 0 saturated carbocycles. The Morgan fingerprint density at radius 2 is 2.00 bits per heavy atom. The first kappa shape index (κ1) is 21.9. The molecule has 0 unspecified atom stereocenters. The van der Waals surface area contributed by atoms with Crippen LogP contribution >= 0.6 is 11.8 Å². The number of thioether (sulfide) groups is 1. The lowest BCUT2D eigenvalue weighted by molar-refractivity contribution is -0.113. The van der Waals surface area contributed by atoms with Crippen molar-refractivity contribution in [2.24, 2.45) is 0 Å². The van der Waals surface area contributed by atoms with Crippen LogP contribution in [0.5, 0.6) is 5.88 Å². The minimum atomic E-state index is 0.0129. The minimum absolute atomic E-state index is 0.0129. The van der Waals surface area contributed by atoms with Crippen LogP contribution in [0.4, 0.5) is 11.5 Å². The summed E-state index contributed by atoms with van der Waals surface area (Å²) in [5.74, 6) is 1.76. The van der Waals surface area contributed by atoms with Gasteiger partial charge in [0.05, 0.1) is 34.7 Å². The number of anilines is 2. The molecule has 0 radical (unpaired) electrons. The second kappa shape index (κ2) is 9.90. The van der Waals surface area contributed by atoms with E-state index in [2.05, 4.69) is 35.4 Å². The molecular formula is C23H27N7O2S. The number of piperazine rings is 1. The lowest BCUT2D eigenvalue weighted by Crippen LogP contribution is -2.48. The van der Waals surface area contributed by atoms with Crippen LogP contribution in [0.2, 0.25) is 0 Å². The van der Waals surface area contributed by atoms with Gasteiger partial charge in [0, 0.05) is 58.1 Å². The lowest BCUT2D eigenvalue weighted by atomic mass is 10.2. The van der Waals surface area contributed by atoms with Gasteiger partial charge in [-0.3, -0.25) is 14.7 Å². The first-order valence-corrected chi connectivity index (χ1v) is 12.1. The highest BCUT2D eigenvalue weighted by atomic mass is 32.2. The summed E-state index contributed by atoms with van der Waals surface area (Å²) < 4.78 is 5.30. The quantitative estimate of drug-likeness (QED) is 0.508. The molecule has 3 aromatic rings. The van der Waals surface area contributed by atoms with Crippen molar-refractivity contribution in [1.29, 1.82) is 0 Å².